The molecule has 0 fully saturated rings. The zero-order valence-electron chi connectivity index (χ0n) is 14.3. The van der Waals surface area contributed by atoms with E-state index in [0.29, 0.717) is 11.5 Å². The van der Waals surface area contributed by atoms with E-state index in [2.05, 4.69) is 26.3 Å². The molecule has 0 aliphatic rings. The SMILES string of the molecule is C=CP(=O)(C=C)Oc1ccc(-c2ccc(OP(=O)(C=C)C=C)cc2)cc1. The average molecular weight is 386 g/mol. The van der Waals surface area contributed by atoms with Gasteiger partial charge in [0, 0.05) is 23.3 Å². The summed E-state index contributed by atoms with van der Waals surface area (Å²) in [6.07, 6.45) is 0. The van der Waals surface area contributed by atoms with E-state index in [4.69, 9.17) is 9.05 Å². The molecule has 0 aliphatic carbocycles. The monoisotopic (exact) mass is 386 g/mol. The quantitative estimate of drug-likeness (QED) is 0.426. The van der Waals surface area contributed by atoms with Crippen LogP contribution in [0, 0.1) is 0 Å². The Morgan fingerprint density at radius 3 is 1.08 bits per heavy atom. The van der Waals surface area contributed by atoms with Gasteiger partial charge in [-0.3, -0.25) is 9.13 Å². The van der Waals surface area contributed by atoms with Crippen LogP contribution in [0.5, 0.6) is 11.5 Å². The predicted octanol–water partition coefficient (Wildman–Crippen LogP) is 7.24. The molecule has 4 nitrogen and oxygen atoms in total. The molecule has 6 heteroatoms. The lowest BCUT2D eigenvalue weighted by molar-refractivity contribution is 0.500. The first kappa shape index (κ1) is 19.8. The molecule has 2 rings (SSSR count). The zero-order chi connectivity index (χ0) is 19.2. The molecule has 0 N–H and O–H groups in total. The number of benzene rings is 2. The van der Waals surface area contributed by atoms with E-state index < -0.39 is 14.7 Å². The Balaban J connectivity index is 2.17. The fourth-order valence-corrected chi connectivity index (χ4v) is 3.54. The summed E-state index contributed by atoms with van der Waals surface area (Å²) < 4.78 is 35.2. The Morgan fingerprint density at radius 1 is 0.577 bits per heavy atom. The van der Waals surface area contributed by atoms with Crippen LogP contribution in [0.15, 0.2) is 98.1 Å². The van der Waals surface area contributed by atoms with Gasteiger partial charge in [-0.2, -0.15) is 0 Å². The average Bonchev–Trinajstić information content (AvgIpc) is 2.69. The van der Waals surface area contributed by atoms with Crippen molar-refractivity contribution >= 4 is 14.7 Å². The van der Waals surface area contributed by atoms with Crippen molar-refractivity contribution in [3.63, 3.8) is 0 Å². The van der Waals surface area contributed by atoms with Gasteiger partial charge >= 0.3 is 0 Å². The topological polar surface area (TPSA) is 52.6 Å². The summed E-state index contributed by atoms with van der Waals surface area (Å²) in [6.45, 7) is 14.0. The zero-order valence-corrected chi connectivity index (χ0v) is 16.1. The first-order valence-corrected chi connectivity index (χ1v) is 11.2. The fourth-order valence-electron chi connectivity index (χ4n) is 2.04. The minimum atomic E-state index is -3.05. The smallest absolute Gasteiger partial charge is 0.291 e. The second-order valence-electron chi connectivity index (χ2n) is 5.25. The summed E-state index contributed by atoms with van der Waals surface area (Å²) in [5.74, 6) is 5.98. The Hall–Kier alpha value is -2.54. The third-order valence-electron chi connectivity index (χ3n) is 3.56. The molecule has 2 aromatic carbocycles. The van der Waals surface area contributed by atoms with Gasteiger partial charge < -0.3 is 9.05 Å². The molecular weight excluding hydrogens is 366 g/mol. The Bertz CT molecular complexity index is 810. The van der Waals surface area contributed by atoms with E-state index in [1.54, 1.807) is 24.3 Å². The van der Waals surface area contributed by atoms with Gasteiger partial charge in [0.2, 0.25) is 0 Å². The fraction of sp³-hybridized carbons (Fsp3) is 0. The molecule has 0 radical (unpaired) electrons. The molecule has 0 bridgehead atoms. The van der Waals surface area contributed by atoms with Crippen molar-refractivity contribution in [1.29, 1.82) is 0 Å². The number of rotatable bonds is 9. The van der Waals surface area contributed by atoms with Crippen LogP contribution in [0.1, 0.15) is 0 Å². The van der Waals surface area contributed by atoms with E-state index in [9.17, 15) is 9.13 Å². The van der Waals surface area contributed by atoms with E-state index in [1.165, 1.54) is 23.3 Å². The molecule has 0 saturated heterocycles. The van der Waals surface area contributed by atoms with Gasteiger partial charge in [-0.25, -0.2) is 0 Å². The minimum absolute atomic E-state index is 0.467. The van der Waals surface area contributed by atoms with Gasteiger partial charge in [-0.15, -0.1) is 0 Å². The highest BCUT2D eigenvalue weighted by molar-refractivity contribution is 7.66. The highest BCUT2D eigenvalue weighted by Crippen LogP contribution is 2.50. The molecule has 26 heavy (non-hydrogen) atoms. The molecule has 0 atom stereocenters. The highest BCUT2D eigenvalue weighted by Gasteiger charge is 2.16. The third kappa shape index (κ3) is 4.76. The molecule has 0 spiro atoms. The third-order valence-corrected chi connectivity index (χ3v) is 6.58. The van der Waals surface area contributed by atoms with Gasteiger partial charge in [-0.1, -0.05) is 50.6 Å². The molecule has 2 aromatic rings. The van der Waals surface area contributed by atoms with Crippen molar-refractivity contribution < 1.29 is 18.2 Å². The Labute approximate surface area is 154 Å². The first-order valence-electron chi connectivity index (χ1n) is 7.70. The maximum absolute atomic E-state index is 12.2. The van der Waals surface area contributed by atoms with Crippen LogP contribution in [0.2, 0.25) is 0 Å². The van der Waals surface area contributed by atoms with Crippen molar-refractivity contribution in [2.45, 2.75) is 0 Å². The van der Waals surface area contributed by atoms with Crippen molar-refractivity contribution in [1.82, 2.24) is 0 Å². The van der Waals surface area contributed by atoms with E-state index in [-0.39, 0.29) is 0 Å². The molecule has 0 saturated carbocycles. The van der Waals surface area contributed by atoms with Crippen LogP contribution in [0.3, 0.4) is 0 Å². The summed E-state index contributed by atoms with van der Waals surface area (Å²) in [7, 11) is -6.11. The van der Waals surface area contributed by atoms with Gasteiger partial charge in [0.15, 0.2) is 0 Å². The summed E-state index contributed by atoms with van der Waals surface area (Å²) in [5, 5.41) is 0. The van der Waals surface area contributed by atoms with Crippen LogP contribution >= 0.6 is 14.7 Å². The highest BCUT2D eigenvalue weighted by atomic mass is 31.2. The number of hydrogen-bond donors (Lipinski definition) is 0. The second kappa shape index (κ2) is 8.23. The molecule has 134 valence electrons. The standard InChI is InChI=1S/C20H20O4P2/c1-5-25(21,6-2)23-19-13-9-17(10-14-19)18-11-15-20(16-12-18)24-26(22,7-3)8-4/h5-16H,1-4H2. The molecule has 0 aromatic heterocycles. The Kier molecular flexibility index (Phi) is 6.26. The van der Waals surface area contributed by atoms with Crippen LogP contribution in [-0.2, 0) is 9.13 Å². The van der Waals surface area contributed by atoms with Gasteiger partial charge in [0.05, 0.1) is 0 Å². The van der Waals surface area contributed by atoms with Crippen molar-refractivity contribution in [2.24, 2.45) is 0 Å². The number of hydrogen-bond acceptors (Lipinski definition) is 4. The van der Waals surface area contributed by atoms with Gasteiger partial charge in [-0.05, 0) is 35.4 Å². The van der Waals surface area contributed by atoms with Crippen molar-refractivity contribution in [2.75, 3.05) is 0 Å². The first-order chi connectivity index (χ1) is 12.4. The predicted molar refractivity (Wildman–Crippen MR) is 109 cm³/mol. The van der Waals surface area contributed by atoms with Crippen molar-refractivity contribution in [3.05, 3.63) is 98.1 Å². The Morgan fingerprint density at radius 2 is 0.846 bits per heavy atom. The lowest BCUT2D eigenvalue weighted by Gasteiger charge is -2.13. The van der Waals surface area contributed by atoms with E-state index in [1.807, 2.05) is 24.3 Å². The van der Waals surface area contributed by atoms with Crippen LogP contribution in [0.25, 0.3) is 11.1 Å². The largest absolute Gasteiger partial charge is 0.438 e. The van der Waals surface area contributed by atoms with Crippen LogP contribution in [-0.4, -0.2) is 0 Å². The van der Waals surface area contributed by atoms with Gasteiger partial charge in [0.1, 0.15) is 11.5 Å². The lowest BCUT2D eigenvalue weighted by atomic mass is 10.1. The lowest BCUT2D eigenvalue weighted by Crippen LogP contribution is -1.88. The molecule has 0 amide bonds. The normalized spacial score (nSPS) is 11.2. The van der Waals surface area contributed by atoms with Crippen LogP contribution in [0.4, 0.5) is 0 Å². The molecular formula is C20H20O4P2. The van der Waals surface area contributed by atoms with E-state index in [0.717, 1.165) is 11.1 Å². The summed E-state index contributed by atoms with van der Waals surface area (Å²) >= 11 is 0. The maximum Gasteiger partial charge on any atom is 0.291 e. The van der Waals surface area contributed by atoms with Gasteiger partial charge in [0.25, 0.3) is 14.7 Å². The molecule has 0 heterocycles. The van der Waals surface area contributed by atoms with Crippen molar-refractivity contribution in [3.8, 4) is 22.6 Å². The minimum Gasteiger partial charge on any atom is -0.438 e. The molecule has 0 unspecified atom stereocenters. The second-order valence-corrected chi connectivity index (χ2v) is 9.66. The maximum atomic E-state index is 12.2. The summed E-state index contributed by atoms with van der Waals surface area (Å²) in [4.78, 5) is 0. The van der Waals surface area contributed by atoms with Crippen LogP contribution < -0.4 is 9.05 Å². The molecule has 0 aliphatic heterocycles. The van der Waals surface area contributed by atoms with E-state index >= 15 is 0 Å². The summed E-state index contributed by atoms with van der Waals surface area (Å²) in [5.41, 5.74) is 1.87. The summed E-state index contributed by atoms with van der Waals surface area (Å²) in [6, 6.07) is 14.3.